The van der Waals surface area contributed by atoms with Crippen LogP contribution in [0.15, 0.2) is 59.7 Å². The fourth-order valence-electron chi connectivity index (χ4n) is 3.91. The quantitative estimate of drug-likeness (QED) is 0.623. The van der Waals surface area contributed by atoms with E-state index in [1.807, 2.05) is 6.07 Å². The van der Waals surface area contributed by atoms with Gasteiger partial charge in [0.05, 0.1) is 23.8 Å². The van der Waals surface area contributed by atoms with Crippen LogP contribution in [0.1, 0.15) is 25.7 Å². The first kappa shape index (κ1) is 21.7. The normalized spacial score (nSPS) is 14.6. The van der Waals surface area contributed by atoms with E-state index < -0.39 is 0 Å². The Morgan fingerprint density at radius 2 is 1.41 bits per heavy atom. The Morgan fingerprint density at radius 1 is 0.812 bits per heavy atom. The summed E-state index contributed by atoms with van der Waals surface area (Å²) in [5.41, 5.74) is 1.61. The van der Waals surface area contributed by atoms with Crippen LogP contribution in [0.25, 0.3) is 10.9 Å². The summed E-state index contributed by atoms with van der Waals surface area (Å²) in [7, 11) is 0. The zero-order valence-electron chi connectivity index (χ0n) is 17.9. The highest BCUT2D eigenvalue weighted by Gasteiger charge is 2.13. The van der Waals surface area contributed by atoms with Crippen LogP contribution in [0.3, 0.4) is 0 Å². The van der Waals surface area contributed by atoms with Gasteiger partial charge in [0.25, 0.3) is 5.56 Å². The van der Waals surface area contributed by atoms with Gasteiger partial charge in [0.2, 0.25) is 11.8 Å². The van der Waals surface area contributed by atoms with Crippen molar-refractivity contribution in [1.82, 2.24) is 14.5 Å². The first-order valence-corrected chi connectivity index (χ1v) is 10.9. The van der Waals surface area contributed by atoms with Gasteiger partial charge >= 0.3 is 0 Å². The number of nitrogens with one attached hydrogen (secondary N) is 2. The molecule has 1 aliphatic heterocycles. The van der Waals surface area contributed by atoms with E-state index >= 15 is 0 Å². The van der Waals surface area contributed by atoms with Gasteiger partial charge < -0.3 is 10.6 Å². The predicted molar refractivity (Wildman–Crippen MR) is 125 cm³/mol. The number of amides is 2. The van der Waals surface area contributed by atoms with E-state index in [1.165, 1.54) is 23.7 Å². The summed E-state index contributed by atoms with van der Waals surface area (Å²) < 4.78 is 1.29. The maximum absolute atomic E-state index is 12.5. The molecule has 166 valence electrons. The third kappa shape index (κ3) is 5.59. The van der Waals surface area contributed by atoms with E-state index in [0.29, 0.717) is 28.8 Å². The van der Waals surface area contributed by atoms with Crippen molar-refractivity contribution >= 4 is 34.1 Å². The molecule has 0 saturated carbocycles. The highest BCUT2D eigenvalue weighted by atomic mass is 16.2. The number of likely N-dealkylation sites (tertiary alicyclic amines) is 1. The number of anilines is 2. The fourth-order valence-corrected chi connectivity index (χ4v) is 3.91. The Balaban J connectivity index is 1.31. The molecule has 0 aliphatic carbocycles. The Morgan fingerprint density at radius 3 is 2.06 bits per heavy atom. The van der Waals surface area contributed by atoms with E-state index in [2.05, 4.69) is 20.5 Å². The number of fused-ring (bicyclic) bond motifs is 1. The maximum atomic E-state index is 12.5. The predicted octanol–water partition coefficient (Wildman–Crippen LogP) is 2.85. The first-order valence-electron chi connectivity index (χ1n) is 10.9. The second-order valence-electron chi connectivity index (χ2n) is 8.06. The van der Waals surface area contributed by atoms with Crippen molar-refractivity contribution in [3.05, 3.63) is 65.2 Å². The molecule has 0 bridgehead atoms. The fraction of sp³-hybridized carbons (Fsp3) is 0.333. The number of carbonyl (C=O) groups is 2. The van der Waals surface area contributed by atoms with E-state index in [1.54, 1.807) is 42.5 Å². The van der Waals surface area contributed by atoms with Crippen LogP contribution in [0.5, 0.6) is 0 Å². The number of hydrogen-bond acceptors (Lipinski definition) is 5. The van der Waals surface area contributed by atoms with Crippen molar-refractivity contribution in [3.63, 3.8) is 0 Å². The summed E-state index contributed by atoms with van der Waals surface area (Å²) in [6.45, 7) is 2.19. The molecule has 3 aromatic rings. The molecule has 2 amide bonds. The number of benzene rings is 2. The Labute approximate surface area is 186 Å². The number of para-hydroxylation sites is 1. The van der Waals surface area contributed by atoms with Gasteiger partial charge in [-0.05, 0) is 62.3 Å². The maximum Gasteiger partial charge on any atom is 0.261 e. The lowest BCUT2D eigenvalue weighted by atomic mass is 10.2. The van der Waals surface area contributed by atoms with Crippen molar-refractivity contribution in [2.45, 2.75) is 32.2 Å². The molecular weight excluding hydrogens is 406 g/mol. The summed E-state index contributed by atoms with van der Waals surface area (Å²) in [6, 6.07) is 14.0. The molecule has 2 heterocycles. The second-order valence-corrected chi connectivity index (χ2v) is 8.06. The molecule has 4 rings (SSSR count). The molecule has 0 spiro atoms. The molecule has 0 unspecified atom stereocenters. The van der Waals surface area contributed by atoms with Crippen molar-refractivity contribution in [3.8, 4) is 0 Å². The second kappa shape index (κ2) is 10.2. The van der Waals surface area contributed by atoms with Gasteiger partial charge in [-0.15, -0.1) is 0 Å². The van der Waals surface area contributed by atoms with Crippen LogP contribution < -0.4 is 16.2 Å². The summed E-state index contributed by atoms with van der Waals surface area (Å²) in [6.07, 6.45) is 6.13. The SMILES string of the molecule is O=C(CN1CCCCCC1)Nc1ccc(NC(=O)Cn2cnc3ccccc3c2=O)cc1. The minimum absolute atomic E-state index is 0.0353. The summed E-state index contributed by atoms with van der Waals surface area (Å²) in [4.78, 5) is 43.7. The number of rotatable bonds is 6. The van der Waals surface area contributed by atoms with Gasteiger partial charge in [-0.3, -0.25) is 23.9 Å². The van der Waals surface area contributed by atoms with Gasteiger partial charge in [-0.1, -0.05) is 25.0 Å². The van der Waals surface area contributed by atoms with Gasteiger partial charge in [-0.25, -0.2) is 4.98 Å². The zero-order chi connectivity index (χ0) is 22.3. The molecule has 1 saturated heterocycles. The molecule has 1 aliphatic rings. The van der Waals surface area contributed by atoms with Crippen molar-refractivity contribution in [2.24, 2.45) is 0 Å². The average Bonchev–Trinajstić information content (AvgIpc) is 3.06. The van der Waals surface area contributed by atoms with Gasteiger partial charge in [-0.2, -0.15) is 0 Å². The molecule has 1 aromatic heterocycles. The number of aromatic nitrogens is 2. The molecule has 8 heteroatoms. The highest BCUT2D eigenvalue weighted by molar-refractivity contribution is 5.93. The first-order chi connectivity index (χ1) is 15.6. The number of carbonyl (C=O) groups excluding carboxylic acids is 2. The lowest BCUT2D eigenvalue weighted by Gasteiger charge is -2.19. The number of hydrogen-bond donors (Lipinski definition) is 2. The molecule has 2 N–H and O–H groups in total. The third-order valence-electron chi connectivity index (χ3n) is 5.56. The van der Waals surface area contributed by atoms with E-state index in [9.17, 15) is 14.4 Å². The molecule has 8 nitrogen and oxygen atoms in total. The Kier molecular flexibility index (Phi) is 6.91. The lowest BCUT2D eigenvalue weighted by Crippen LogP contribution is -2.33. The molecule has 2 aromatic carbocycles. The number of nitrogens with zero attached hydrogens (tertiary/aromatic N) is 3. The largest absolute Gasteiger partial charge is 0.325 e. The van der Waals surface area contributed by atoms with Crippen LogP contribution >= 0.6 is 0 Å². The standard InChI is InChI=1S/C24H27N5O3/c30-22(15-28-13-5-1-2-6-14-28)26-18-9-11-19(12-10-18)27-23(31)16-29-17-25-21-8-4-3-7-20(21)24(29)32/h3-4,7-12,17H,1-2,5-6,13-16H2,(H,26,30)(H,27,31). The summed E-state index contributed by atoms with van der Waals surface area (Å²) in [5.74, 6) is -0.367. The average molecular weight is 434 g/mol. The Hall–Kier alpha value is -3.52. The Bertz CT molecular complexity index is 1150. The van der Waals surface area contributed by atoms with Crippen LogP contribution in [0.2, 0.25) is 0 Å². The third-order valence-corrected chi connectivity index (χ3v) is 5.56. The van der Waals surface area contributed by atoms with Crippen LogP contribution in [-0.4, -0.2) is 45.9 Å². The topological polar surface area (TPSA) is 96.3 Å². The molecule has 1 fully saturated rings. The van der Waals surface area contributed by atoms with Crippen LogP contribution in [0.4, 0.5) is 11.4 Å². The molecule has 0 radical (unpaired) electrons. The summed E-state index contributed by atoms with van der Waals surface area (Å²) >= 11 is 0. The minimum atomic E-state index is -0.331. The smallest absolute Gasteiger partial charge is 0.261 e. The summed E-state index contributed by atoms with van der Waals surface area (Å²) in [5, 5.41) is 6.15. The van der Waals surface area contributed by atoms with Crippen LogP contribution in [0, 0.1) is 0 Å². The van der Waals surface area contributed by atoms with E-state index in [-0.39, 0.29) is 23.9 Å². The molecule has 0 atom stereocenters. The van der Waals surface area contributed by atoms with Crippen molar-refractivity contribution in [1.29, 1.82) is 0 Å². The van der Waals surface area contributed by atoms with Gasteiger partial charge in [0, 0.05) is 11.4 Å². The van der Waals surface area contributed by atoms with Crippen molar-refractivity contribution < 1.29 is 9.59 Å². The van der Waals surface area contributed by atoms with Crippen molar-refractivity contribution in [2.75, 3.05) is 30.3 Å². The zero-order valence-corrected chi connectivity index (χ0v) is 17.9. The molecule has 32 heavy (non-hydrogen) atoms. The van der Waals surface area contributed by atoms with Gasteiger partial charge in [0.15, 0.2) is 0 Å². The van der Waals surface area contributed by atoms with Gasteiger partial charge in [0.1, 0.15) is 6.54 Å². The minimum Gasteiger partial charge on any atom is -0.325 e. The highest BCUT2D eigenvalue weighted by Crippen LogP contribution is 2.15. The van der Waals surface area contributed by atoms with Crippen LogP contribution in [-0.2, 0) is 16.1 Å². The van der Waals surface area contributed by atoms with E-state index in [0.717, 1.165) is 25.9 Å². The lowest BCUT2D eigenvalue weighted by molar-refractivity contribution is -0.117. The monoisotopic (exact) mass is 433 g/mol. The van der Waals surface area contributed by atoms with E-state index in [4.69, 9.17) is 0 Å². The molecular formula is C24H27N5O3.